The van der Waals surface area contributed by atoms with Gasteiger partial charge in [-0.05, 0) is 57.3 Å². The number of hydrogen-bond acceptors (Lipinski definition) is 3. The van der Waals surface area contributed by atoms with Gasteiger partial charge < -0.3 is 9.64 Å². The Hall–Kier alpha value is -0.610. The molecule has 0 N–H and O–H groups in total. The van der Waals surface area contributed by atoms with Gasteiger partial charge in [-0.1, -0.05) is 0 Å². The summed E-state index contributed by atoms with van der Waals surface area (Å²) in [4.78, 5) is 17.2. The Morgan fingerprint density at radius 3 is 2.41 bits per heavy atom. The lowest BCUT2D eigenvalue weighted by molar-refractivity contribution is -0.135. The molecule has 0 aromatic carbocycles. The standard InChI is InChI=1S/C18H30N2O2/c1-22-13-16-6-7-18(20(16)12-14-2-3-14)8-10-19(11-9-18)17(21)15-4-5-15/h14-16H,2-13H2,1H3. The second-order valence-corrected chi connectivity index (χ2v) is 8.07. The van der Waals surface area contributed by atoms with E-state index in [4.69, 9.17) is 4.74 Å². The minimum Gasteiger partial charge on any atom is -0.383 e. The number of likely N-dealkylation sites (tertiary alicyclic amines) is 2. The first-order valence-corrected chi connectivity index (χ1v) is 9.26. The fourth-order valence-corrected chi connectivity index (χ4v) is 4.68. The van der Waals surface area contributed by atoms with E-state index in [1.54, 1.807) is 0 Å². The van der Waals surface area contributed by atoms with Gasteiger partial charge in [0.25, 0.3) is 0 Å². The van der Waals surface area contributed by atoms with E-state index in [1.807, 2.05) is 7.11 Å². The minimum absolute atomic E-state index is 0.367. The lowest BCUT2D eigenvalue weighted by atomic mass is 9.84. The van der Waals surface area contributed by atoms with Crippen LogP contribution in [0.2, 0.25) is 0 Å². The van der Waals surface area contributed by atoms with Crippen molar-refractivity contribution in [3.63, 3.8) is 0 Å². The average molecular weight is 306 g/mol. The third kappa shape index (κ3) is 2.80. The maximum absolute atomic E-state index is 12.3. The van der Waals surface area contributed by atoms with E-state index in [0.29, 0.717) is 23.4 Å². The molecule has 1 unspecified atom stereocenters. The van der Waals surface area contributed by atoms with E-state index in [2.05, 4.69) is 9.80 Å². The number of amides is 1. The lowest BCUT2D eigenvalue weighted by Gasteiger charge is -2.47. The van der Waals surface area contributed by atoms with Crippen molar-refractivity contribution < 1.29 is 9.53 Å². The molecule has 0 aromatic heterocycles. The van der Waals surface area contributed by atoms with E-state index >= 15 is 0 Å². The summed E-state index contributed by atoms with van der Waals surface area (Å²) in [5, 5.41) is 0. The summed E-state index contributed by atoms with van der Waals surface area (Å²) in [6.07, 6.45) is 10.0. The zero-order chi connectivity index (χ0) is 15.2. The molecule has 4 fully saturated rings. The molecule has 2 aliphatic heterocycles. The van der Waals surface area contributed by atoms with Crippen molar-refractivity contribution in [3.05, 3.63) is 0 Å². The van der Waals surface area contributed by atoms with Gasteiger partial charge in [-0.2, -0.15) is 0 Å². The number of carbonyl (C=O) groups excluding carboxylic acids is 1. The fourth-order valence-electron chi connectivity index (χ4n) is 4.68. The zero-order valence-corrected chi connectivity index (χ0v) is 13.9. The molecule has 0 aromatic rings. The first-order chi connectivity index (χ1) is 10.7. The Labute approximate surface area is 134 Å². The van der Waals surface area contributed by atoms with Crippen molar-refractivity contribution in [3.8, 4) is 0 Å². The molecule has 2 saturated carbocycles. The number of carbonyl (C=O) groups is 1. The summed E-state index contributed by atoms with van der Waals surface area (Å²) in [5.41, 5.74) is 0.367. The summed E-state index contributed by atoms with van der Waals surface area (Å²) in [6.45, 7) is 4.11. The van der Waals surface area contributed by atoms with Crippen LogP contribution in [0.1, 0.15) is 51.4 Å². The van der Waals surface area contributed by atoms with Gasteiger partial charge in [0.05, 0.1) is 6.61 Å². The van der Waals surface area contributed by atoms with Crippen LogP contribution in [0.5, 0.6) is 0 Å². The molecular weight excluding hydrogens is 276 g/mol. The lowest BCUT2D eigenvalue weighted by Crippen LogP contribution is -2.56. The quantitative estimate of drug-likeness (QED) is 0.781. The van der Waals surface area contributed by atoms with Crippen molar-refractivity contribution in [2.24, 2.45) is 11.8 Å². The molecule has 4 aliphatic rings. The predicted octanol–water partition coefficient (Wildman–Crippen LogP) is 2.28. The van der Waals surface area contributed by atoms with E-state index < -0.39 is 0 Å². The van der Waals surface area contributed by atoms with Gasteiger partial charge in [-0.15, -0.1) is 0 Å². The van der Waals surface area contributed by atoms with Gasteiger partial charge >= 0.3 is 0 Å². The van der Waals surface area contributed by atoms with Crippen LogP contribution in [0.25, 0.3) is 0 Å². The first-order valence-electron chi connectivity index (χ1n) is 9.26. The van der Waals surface area contributed by atoms with Crippen molar-refractivity contribution >= 4 is 5.91 Å². The third-order valence-electron chi connectivity index (χ3n) is 6.44. The highest BCUT2D eigenvalue weighted by Gasteiger charge is 2.49. The summed E-state index contributed by atoms with van der Waals surface area (Å²) >= 11 is 0. The van der Waals surface area contributed by atoms with Gasteiger partial charge in [0, 0.05) is 44.2 Å². The summed E-state index contributed by atoms with van der Waals surface area (Å²) in [6, 6.07) is 0.608. The molecule has 0 bridgehead atoms. The maximum Gasteiger partial charge on any atom is 0.225 e. The molecule has 1 amide bonds. The van der Waals surface area contributed by atoms with Crippen molar-refractivity contribution in [2.75, 3.05) is 33.4 Å². The van der Waals surface area contributed by atoms with Gasteiger partial charge in [-0.3, -0.25) is 9.69 Å². The van der Waals surface area contributed by atoms with E-state index in [-0.39, 0.29) is 0 Å². The average Bonchev–Trinajstić information content (AvgIpc) is 3.43. The van der Waals surface area contributed by atoms with Gasteiger partial charge in [0.15, 0.2) is 0 Å². The molecule has 2 aliphatic carbocycles. The Bertz CT molecular complexity index is 423. The van der Waals surface area contributed by atoms with Crippen molar-refractivity contribution in [1.29, 1.82) is 0 Å². The van der Waals surface area contributed by atoms with Crippen LogP contribution in [-0.4, -0.2) is 60.6 Å². The molecule has 1 atom stereocenters. The van der Waals surface area contributed by atoms with Crippen LogP contribution in [0, 0.1) is 11.8 Å². The molecule has 2 heterocycles. The molecule has 2 saturated heterocycles. The van der Waals surface area contributed by atoms with Gasteiger partial charge in [0.2, 0.25) is 5.91 Å². The Balaban J connectivity index is 1.42. The minimum atomic E-state index is 0.367. The topological polar surface area (TPSA) is 32.8 Å². The second kappa shape index (κ2) is 5.79. The Kier molecular flexibility index (Phi) is 3.93. The van der Waals surface area contributed by atoms with Gasteiger partial charge in [-0.25, -0.2) is 0 Å². The highest BCUT2D eigenvalue weighted by molar-refractivity contribution is 5.81. The van der Waals surface area contributed by atoms with Crippen LogP contribution in [0.15, 0.2) is 0 Å². The molecule has 124 valence electrons. The zero-order valence-electron chi connectivity index (χ0n) is 13.9. The Morgan fingerprint density at radius 2 is 1.82 bits per heavy atom. The van der Waals surface area contributed by atoms with Crippen LogP contribution < -0.4 is 0 Å². The summed E-state index contributed by atoms with van der Waals surface area (Å²) in [7, 11) is 1.83. The number of rotatable bonds is 5. The second-order valence-electron chi connectivity index (χ2n) is 8.07. The maximum atomic E-state index is 12.3. The predicted molar refractivity (Wildman–Crippen MR) is 85.6 cm³/mol. The van der Waals surface area contributed by atoms with E-state index in [9.17, 15) is 4.79 Å². The first kappa shape index (κ1) is 14.9. The van der Waals surface area contributed by atoms with E-state index in [1.165, 1.54) is 45.1 Å². The number of nitrogens with zero attached hydrogens (tertiary/aromatic N) is 2. The highest BCUT2D eigenvalue weighted by Crippen LogP contribution is 2.45. The number of methoxy groups -OCH3 is 1. The molecule has 1 spiro atoms. The van der Waals surface area contributed by atoms with Gasteiger partial charge in [0.1, 0.15) is 0 Å². The van der Waals surface area contributed by atoms with Crippen LogP contribution in [-0.2, 0) is 9.53 Å². The molecular formula is C18H30N2O2. The van der Waals surface area contributed by atoms with Crippen LogP contribution in [0.4, 0.5) is 0 Å². The normalized spacial score (nSPS) is 31.9. The van der Waals surface area contributed by atoms with Crippen molar-refractivity contribution in [1.82, 2.24) is 9.80 Å². The van der Waals surface area contributed by atoms with Crippen LogP contribution >= 0.6 is 0 Å². The SMILES string of the molecule is COCC1CCC2(CCN(C(=O)C3CC3)CC2)N1CC1CC1. The van der Waals surface area contributed by atoms with Crippen molar-refractivity contribution in [2.45, 2.75) is 62.9 Å². The molecule has 4 rings (SSSR count). The monoisotopic (exact) mass is 306 g/mol. The molecule has 22 heavy (non-hydrogen) atoms. The number of piperidine rings is 1. The highest BCUT2D eigenvalue weighted by atomic mass is 16.5. The summed E-state index contributed by atoms with van der Waals surface area (Å²) in [5.74, 6) is 1.75. The largest absolute Gasteiger partial charge is 0.383 e. The van der Waals surface area contributed by atoms with Crippen LogP contribution in [0.3, 0.4) is 0 Å². The fraction of sp³-hybridized carbons (Fsp3) is 0.944. The summed E-state index contributed by atoms with van der Waals surface area (Å²) < 4.78 is 5.48. The van der Waals surface area contributed by atoms with E-state index in [0.717, 1.165) is 38.5 Å². The molecule has 4 nitrogen and oxygen atoms in total. The molecule has 0 radical (unpaired) electrons. The number of ether oxygens (including phenoxy) is 1. The third-order valence-corrected chi connectivity index (χ3v) is 6.44. The number of hydrogen-bond donors (Lipinski definition) is 0. The molecule has 4 heteroatoms. The smallest absolute Gasteiger partial charge is 0.225 e. The Morgan fingerprint density at radius 1 is 1.09 bits per heavy atom.